The lowest BCUT2D eigenvalue weighted by Crippen LogP contribution is -2.43. The molecule has 0 aromatic carbocycles. The zero-order valence-electron chi connectivity index (χ0n) is 9.98. The van der Waals surface area contributed by atoms with E-state index in [0.29, 0.717) is 31.9 Å². The molecule has 0 unspecified atom stereocenters. The number of alkyl halides is 1. The fourth-order valence-corrected chi connectivity index (χ4v) is 1.73. The van der Waals surface area contributed by atoms with Gasteiger partial charge >= 0.3 is 11.4 Å². The van der Waals surface area contributed by atoms with Gasteiger partial charge < -0.3 is 4.74 Å². The zero-order chi connectivity index (χ0) is 12.8. The van der Waals surface area contributed by atoms with E-state index in [9.17, 15) is 9.59 Å². The lowest BCUT2D eigenvalue weighted by atomic mass is 10.5. The van der Waals surface area contributed by atoms with Crippen LogP contribution in [0.3, 0.4) is 0 Å². The molecule has 0 saturated carbocycles. The topological polar surface area (TPSA) is 66.1 Å². The molecule has 1 rings (SSSR count). The molecular weight excluding hydrogens is 290 g/mol. The van der Waals surface area contributed by atoms with Crippen molar-refractivity contribution in [3.63, 3.8) is 0 Å². The predicted molar refractivity (Wildman–Crippen MR) is 67.8 cm³/mol. The van der Waals surface area contributed by atoms with Crippen molar-refractivity contribution in [2.45, 2.75) is 26.4 Å². The standard InChI is InChI=1S/C10H16BrN3O3/c1-8-12-9(15)14(5-3-4-11)10(16)13(8)6-7-17-2/h3-7H2,1-2H3. The Labute approximate surface area is 107 Å². The minimum absolute atomic E-state index is 0.319. The van der Waals surface area contributed by atoms with Gasteiger partial charge in [0.05, 0.1) is 13.2 Å². The maximum Gasteiger partial charge on any atom is 0.353 e. The summed E-state index contributed by atoms with van der Waals surface area (Å²) in [6, 6.07) is 0. The first-order valence-electron chi connectivity index (χ1n) is 5.35. The molecule has 0 N–H and O–H groups in total. The van der Waals surface area contributed by atoms with E-state index < -0.39 is 5.69 Å². The first-order valence-corrected chi connectivity index (χ1v) is 6.47. The van der Waals surface area contributed by atoms with Crippen LogP contribution in [-0.4, -0.2) is 33.2 Å². The van der Waals surface area contributed by atoms with Crippen LogP contribution in [0, 0.1) is 6.92 Å². The predicted octanol–water partition coefficient (Wildman–Crippen LogP) is 0.145. The third-order valence-corrected chi connectivity index (χ3v) is 2.94. The minimum atomic E-state index is -0.484. The van der Waals surface area contributed by atoms with Crippen LogP contribution >= 0.6 is 15.9 Å². The van der Waals surface area contributed by atoms with E-state index >= 15 is 0 Å². The molecule has 0 radical (unpaired) electrons. The number of hydrogen-bond donors (Lipinski definition) is 0. The largest absolute Gasteiger partial charge is 0.383 e. The summed E-state index contributed by atoms with van der Waals surface area (Å²) in [7, 11) is 1.56. The second-order valence-electron chi connectivity index (χ2n) is 3.56. The van der Waals surface area contributed by atoms with Gasteiger partial charge in [-0.1, -0.05) is 15.9 Å². The van der Waals surface area contributed by atoms with E-state index in [2.05, 4.69) is 20.9 Å². The fourth-order valence-electron chi connectivity index (χ4n) is 1.47. The van der Waals surface area contributed by atoms with E-state index in [4.69, 9.17) is 4.74 Å². The van der Waals surface area contributed by atoms with Gasteiger partial charge in [0.2, 0.25) is 0 Å². The Hall–Kier alpha value is -0.950. The molecule has 0 atom stereocenters. The Bertz CT molecular complexity index is 481. The summed E-state index contributed by atoms with van der Waals surface area (Å²) in [4.78, 5) is 27.5. The second kappa shape index (κ2) is 6.70. The smallest absolute Gasteiger partial charge is 0.353 e. The van der Waals surface area contributed by atoms with E-state index in [1.165, 1.54) is 4.57 Å². The van der Waals surface area contributed by atoms with Crippen LogP contribution in [0.15, 0.2) is 9.59 Å². The molecule has 96 valence electrons. The van der Waals surface area contributed by atoms with Gasteiger partial charge in [-0.25, -0.2) is 14.2 Å². The number of hydrogen-bond acceptors (Lipinski definition) is 4. The Balaban J connectivity index is 3.13. The maximum atomic E-state index is 12.0. The van der Waals surface area contributed by atoms with Crippen molar-refractivity contribution in [2.24, 2.45) is 0 Å². The van der Waals surface area contributed by atoms with E-state index in [0.717, 1.165) is 9.90 Å². The highest BCUT2D eigenvalue weighted by Crippen LogP contribution is 1.91. The SMILES string of the molecule is COCCn1c(C)nc(=O)n(CCCBr)c1=O. The zero-order valence-corrected chi connectivity index (χ0v) is 11.6. The number of methoxy groups -OCH3 is 1. The quantitative estimate of drug-likeness (QED) is 0.702. The van der Waals surface area contributed by atoms with Gasteiger partial charge in [0.1, 0.15) is 5.82 Å². The molecule has 1 heterocycles. The molecule has 0 fully saturated rings. The first-order chi connectivity index (χ1) is 8.11. The van der Waals surface area contributed by atoms with Crippen molar-refractivity contribution >= 4 is 15.9 Å². The normalized spacial score (nSPS) is 10.8. The van der Waals surface area contributed by atoms with Gasteiger partial charge in [-0.2, -0.15) is 4.98 Å². The Morgan fingerprint density at radius 1 is 1.29 bits per heavy atom. The second-order valence-corrected chi connectivity index (χ2v) is 4.36. The molecular formula is C10H16BrN3O3. The van der Waals surface area contributed by atoms with E-state index in [1.54, 1.807) is 14.0 Å². The van der Waals surface area contributed by atoms with Crippen molar-refractivity contribution in [3.8, 4) is 0 Å². The number of ether oxygens (including phenoxy) is 1. The molecule has 7 heteroatoms. The van der Waals surface area contributed by atoms with Crippen LogP contribution in [0.1, 0.15) is 12.2 Å². The molecule has 17 heavy (non-hydrogen) atoms. The van der Waals surface area contributed by atoms with Crippen LogP contribution < -0.4 is 11.4 Å². The Morgan fingerprint density at radius 2 is 2.00 bits per heavy atom. The summed E-state index contributed by atoms with van der Waals surface area (Å²) < 4.78 is 7.54. The van der Waals surface area contributed by atoms with Gasteiger partial charge in [-0.05, 0) is 13.3 Å². The molecule has 0 aliphatic rings. The molecule has 0 aliphatic carbocycles. The number of nitrogens with zero attached hydrogens (tertiary/aromatic N) is 3. The van der Waals surface area contributed by atoms with Crippen molar-refractivity contribution in [3.05, 3.63) is 26.8 Å². The third-order valence-electron chi connectivity index (χ3n) is 2.38. The minimum Gasteiger partial charge on any atom is -0.383 e. The van der Waals surface area contributed by atoms with Gasteiger partial charge in [0.15, 0.2) is 0 Å². The highest BCUT2D eigenvalue weighted by molar-refractivity contribution is 9.09. The third kappa shape index (κ3) is 3.50. The average molecular weight is 306 g/mol. The molecule has 6 nitrogen and oxygen atoms in total. The van der Waals surface area contributed by atoms with Crippen LogP contribution in [0.2, 0.25) is 0 Å². The molecule has 0 aliphatic heterocycles. The number of aromatic nitrogens is 3. The van der Waals surface area contributed by atoms with Crippen LogP contribution in [0.4, 0.5) is 0 Å². The van der Waals surface area contributed by atoms with Crippen molar-refractivity contribution < 1.29 is 4.74 Å². The monoisotopic (exact) mass is 305 g/mol. The van der Waals surface area contributed by atoms with Crippen LogP contribution in [0.25, 0.3) is 0 Å². The highest BCUT2D eigenvalue weighted by Gasteiger charge is 2.09. The van der Waals surface area contributed by atoms with Crippen LogP contribution in [0.5, 0.6) is 0 Å². The van der Waals surface area contributed by atoms with Crippen molar-refractivity contribution in [2.75, 3.05) is 19.0 Å². The number of halogens is 1. The van der Waals surface area contributed by atoms with Crippen molar-refractivity contribution in [1.29, 1.82) is 0 Å². The summed E-state index contributed by atoms with van der Waals surface area (Å²) in [6.45, 7) is 2.85. The summed E-state index contributed by atoms with van der Waals surface area (Å²) in [5.41, 5.74) is -0.803. The maximum absolute atomic E-state index is 12.0. The number of aryl methyl sites for hydroxylation is 1. The van der Waals surface area contributed by atoms with Gasteiger partial charge in [0.25, 0.3) is 0 Å². The summed E-state index contributed by atoms with van der Waals surface area (Å²) in [5, 5.41) is 0.741. The molecule has 0 saturated heterocycles. The van der Waals surface area contributed by atoms with Gasteiger partial charge in [0, 0.05) is 19.0 Å². The lowest BCUT2D eigenvalue weighted by molar-refractivity contribution is 0.183. The van der Waals surface area contributed by atoms with Crippen LogP contribution in [-0.2, 0) is 17.8 Å². The summed E-state index contributed by atoms with van der Waals surface area (Å²) in [6.07, 6.45) is 0.712. The molecule has 1 aromatic rings. The fraction of sp³-hybridized carbons (Fsp3) is 0.700. The Morgan fingerprint density at radius 3 is 2.59 bits per heavy atom. The summed E-state index contributed by atoms with van der Waals surface area (Å²) in [5.74, 6) is 0.423. The summed E-state index contributed by atoms with van der Waals surface area (Å²) >= 11 is 3.27. The van der Waals surface area contributed by atoms with Gasteiger partial charge in [-0.3, -0.25) is 4.57 Å². The molecule has 0 amide bonds. The van der Waals surface area contributed by atoms with E-state index in [1.807, 2.05) is 0 Å². The first kappa shape index (κ1) is 14.1. The van der Waals surface area contributed by atoms with Crippen molar-refractivity contribution in [1.82, 2.24) is 14.1 Å². The lowest BCUT2D eigenvalue weighted by Gasteiger charge is -2.11. The molecule has 0 bridgehead atoms. The number of rotatable bonds is 6. The molecule has 0 spiro atoms. The Kier molecular flexibility index (Phi) is 5.57. The average Bonchev–Trinajstić information content (AvgIpc) is 2.28. The highest BCUT2D eigenvalue weighted by atomic mass is 79.9. The van der Waals surface area contributed by atoms with E-state index in [-0.39, 0.29) is 5.69 Å². The van der Waals surface area contributed by atoms with Gasteiger partial charge in [-0.15, -0.1) is 0 Å². The molecule has 1 aromatic heterocycles.